The third kappa shape index (κ3) is 4.52. The third-order valence-electron chi connectivity index (χ3n) is 4.54. The first-order valence-corrected chi connectivity index (χ1v) is 8.93. The van der Waals surface area contributed by atoms with Crippen LogP contribution in [-0.2, 0) is 16.1 Å². The van der Waals surface area contributed by atoms with Crippen molar-refractivity contribution in [1.82, 2.24) is 4.90 Å². The van der Waals surface area contributed by atoms with E-state index in [2.05, 4.69) is 5.32 Å². The number of carbonyl (C=O) groups excluding carboxylic acids is 2. The maximum absolute atomic E-state index is 12.6. The van der Waals surface area contributed by atoms with Gasteiger partial charge in [-0.05, 0) is 35.9 Å². The number of hydrogen-bond acceptors (Lipinski definition) is 4. The molecule has 3 rings (SSSR count). The fourth-order valence-corrected chi connectivity index (χ4v) is 3.24. The van der Waals surface area contributed by atoms with Gasteiger partial charge in [-0.2, -0.15) is 0 Å². The van der Waals surface area contributed by atoms with Crippen LogP contribution in [0.1, 0.15) is 12.0 Å². The van der Waals surface area contributed by atoms with Crippen LogP contribution in [0.15, 0.2) is 42.5 Å². The second-order valence-electron chi connectivity index (χ2n) is 6.36. The fraction of sp³-hybridized carbons (Fsp3) is 0.300. The van der Waals surface area contributed by atoms with E-state index in [1.807, 2.05) is 24.3 Å². The predicted octanol–water partition coefficient (Wildman–Crippen LogP) is 3.34. The Morgan fingerprint density at radius 3 is 2.59 bits per heavy atom. The standard InChI is InChI=1S/C20H21ClN2O4/c1-26-16-6-3-13(4-7-16)11-23-12-14(9-19(23)24)20(25)22-17-10-15(21)5-8-18(17)27-2/h3-8,10,14H,9,11-12H2,1-2H3,(H,22,25)/t14-/m1/s1. The van der Waals surface area contributed by atoms with Gasteiger partial charge in [0.05, 0.1) is 25.8 Å². The lowest BCUT2D eigenvalue weighted by Crippen LogP contribution is -2.28. The molecule has 1 N–H and O–H groups in total. The summed E-state index contributed by atoms with van der Waals surface area (Å²) >= 11 is 6.00. The van der Waals surface area contributed by atoms with E-state index in [0.717, 1.165) is 11.3 Å². The van der Waals surface area contributed by atoms with Gasteiger partial charge in [-0.3, -0.25) is 9.59 Å². The van der Waals surface area contributed by atoms with E-state index < -0.39 is 5.92 Å². The Hall–Kier alpha value is -2.73. The number of likely N-dealkylation sites (tertiary alicyclic amines) is 1. The minimum Gasteiger partial charge on any atom is -0.497 e. The Labute approximate surface area is 163 Å². The van der Waals surface area contributed by atoms with E-state index in [1.165, 1.54) is 7.11 Å². The molecule has 1 heterocycles. The summed E-state index contributed by atoms with van der Waals surface area (Å²) in [5.41, 5.74) is 1.48. The summed E-state index contributed by atoms with van der Waals surface area (Å²) in [6.45, 7) is 0.840. The predicted molar refractivity (Wildman–Crippen MR) is 103 cm³/mol. The monoisotopic (exact) mass is 388 g/mol. The van der Waals surface area contributed by atoms with Gasteiger partial charge in [0.1, 0.15) is 11.5 Å². The first-order chi connectivity index (χ1) is 13.0. The summed E-state index contributed by atoms with van der Waals surface area (Å²) in [6, 6.07) is 12.5. The van der Waals surface area contributed by atoms with Crippen LogP contribution in [-0.4, -0.2) is 37.5 Å². The van der Waals surface area contributed by atoms with Gasteiger partial charge in [-0.1, -0.05) is 23.7 Å². The minimum absolute atomic E-state index is 0.0379. The smallest absolute Gasteiger partial charge is 0.229 e. The van der Waals surface area contributed by atoms with E-state index in [1.54, 1.807) is 30.2 Å². The molecular weight excluding hydrogens is 368 g/mol. The van der Waals surface area contributed by atoms with Crippen molar-refractivity contribution in [2.75, 3.05) is 26.1 Å². The third-order valence-corrected chi connectivity index (χ3v) is 4.77. The van der Waals surface area contributed by atoms with E-state index in [0.29, 0.717) is 29.5 Å². The van der Waals surface area contributed by atoms with Gasteiger partial charge in [0.2, 0.25) is 11.8 Å². The summed E-state index contributed by atoms with van der Waals surface area (Å²) in [5, 5.41) is 3.32. The van der Waals surface area contributed by atoms with Gasteiger partial charge in [0.15, 0.2) is 0 Å². The minimum atomic E-state index is -0.417. The maximum Gasteiger partial charge on any atom is 0.229 e. The highest BCUT2D eigenvalue weighted by atomic mass is 35.5. The van der Waals surface area contributed by atoms with Gasteiger partial charge >= 0.3 is 0 Å². The van der Waals surface area contributed by atoms with Gasteiger partial charge in [-0.15, -0.1) is 0 Å². The van der Waals surface area contributed by atoms with Crippen molar-refractivity contribution in [3.8, 4) is 11.5 Å². The number of nitrogens with zero attached hydrogens (tertiary/aromatic N) is 1. The molecule has 142 valence electrons. The quantitative estimate of drug-likeness (QED) is 0.824. The average molecular weight is 389 g/mol. The van der Waals surface area contributed by atoms with Crippen LogP contribution >= 0.6 is 11.6 Å². The van der Waals surface area contributed by atoms with Gasteiger partial charge in [0, 0.05) is 24.5 Å². The second-order valence-corrected chi connectivity index (χ2v) is 6.79. The van der Waals surface area contributed by atoms with Gasteiger partial charge < -0.3 is 19.7 Å². The summed E-state index contributed by atoms with van der Waals surface area (Å²) in [4.78, 5) is 26.6. The zero-order valence-electron chi connectivity index (χ0n) is 15.2. The lowest BCUT2D eigenvalue weighted by Gasteiger charge is -2.17. The van der Waals surface area contributed by atoms with E-state index in [4.69, 9.17) is 21.1 Å². The topological polar surface area (TPSA) is 67.9 Å². The second kappa shape index (κ2) is 8.31. The van der Waals surface area contributed by atoms with Crippen LogP contribution in [0.3, 0.4) is 0 Å². The van der Waals surface area contributed by atoms with E-state index in [9.17, 15) is 9.59 Å². The molecule has 0 aliphatic carbocycles. The molecule has 1 aliphatic rings. The van der Waals surface area contributed by atoms with Crippen molar-refractivity contribution in [2.24, 2.45) is 5.92 Å². The molecule has 0 saturated carbocycles. The first kappa shape index (κ1) is 19.0. The molecule has 2 aromatic carbocycles. The van der Waals surface area contributed by atoms with E-state index in [-0.39, 0.29) is 18.2 Å². The van der Waals surface area contributed by atoms with Crippen molar-refractivity contribution in [3.63, 3.8) is 0 Å². The number of amides is 2. The summed E-state index contributed by atoms with van der Waals surface area (Å²) < 4.78 is 10.4. The highest BCUT2D eigenvalue weighted by molar-refractivity contribution is 6.31. The molecule has 1 fully saturated rings. The molecule has 0 aromatic heterocycles. The molecular formula is C20H21ClN2O4. The molecule has 0 radical (unpaired) electrons. The number of halogens is 1. The van der Waals surface area contributed by atoms with Crippen molar-refractivity contribution in [1.29, 1.82) is 0 Å². The summed E-state index contributed by atoms with van der Waals surface area (Å²) in [5.74, 6) is 0.607. The first-order valence-electron chi connectivity index (χ1n) is 8.55. The maximum atomic E-state index is 12.6. The number of carbonyl (C=O) groups is 2. The number of nitrogens with one attached hydrogen (secondary N) is 1. The van der Waals surface area contributed by atoms with E-state index >= 15 is 0 Å². The summed E-state index contributed by atoms with van der Waals surface area (Å²) in [7, 11) is 3.13. The zero-order chi connectivity index (χ0) is 19.4. The lowest BCUT2D eigenvalue weighted by molar-refractivity contribution is -0.128. The highest BCUT2D eigenvalue weighted by Gasteiger charge is 2.34. The van der Waals surface area contributed by atoms with Crippen LogP contribution in [0.5, 0.6) is 11.5 Å². The molecule has 1 aliphatic heterocycles. The molecule has 2 amide bonds. The molecule has 27 heavy (non-hydrogen) atoms. The number of ether oxygens (including phenoxy) is 2. The van der Waals surface area contributed by atoms with Crippen LogP contribution in [0, 0.1) is 5.92 Å². The summed E-state index contributed by atoms with van der Waals surface area (Å²) in [6.07, 6.45) is 0.185. The zero-order valence-corrected chi connectivity index (χ0v) is 16.0. The lowest BCUT2D eigenvalue weighted by atomic mass is 10.1. The Kier molecular flexibility index (Phi) is 5.86. The highest BCUT2D eigenvalue weighted by Crippen LogP contribution is 2.29. The van der Waals surface area contributed by atoms with Crippen LogP contribution in [0.2, 0.25) is 5.02 Å². The van der Waals surface area contributed by atoms with Crippen LogP contribution in [0.4, 0.5) is 5.69 Å². The largest absolute Gasteiger partial charge is 0.497 e. The number of rotatable bonds is 6. The Balaban J connectivity index is 1.64. The van der Waals surface area contributed by atoms with Crippen molar-refractivity contribution >= 4 is 29.1 Å². The number of hydrogen-bond donors (Lipinski definition) is 1. The number of methoxy groups -OCH3 is 2. The molecule has 0 unspecified atom stereocenters. The number of anilines is 1. The molecule has 7 heteroatoms. The number of benzene rings is 2. The van der Waals surface area contributed by atoms with Crippen LogP contribution < -0.4 is 14.8 Å². The molecule has 1 atom stereocenters. The Morgan fingerprint density at radius 1 is 1.19 bits per heavy atom. The van der Waals surface area contributed by atoms with Gasteiger partial charge in [0.25, 0.3) is 0 Å². The SMILES string of the molecule is COc1ccc(CN2C[C@H](C(=O)Nc3cc(Cl)ccc3OC)CC2=O)cc1. The van der Waals surface area contributed by atoms with Crippen molar-refractivity contribution in [2.45, 2.75) is 13.0 Å². The molecule has 0 bridgehead atoms. The Bertz CT molecular complexity index is 838. The van der Waals surface area contributed by atoms with Gasteiger partial charge in [-0.25, -0.2) is 0 Å². The molecule has 2 aromatic rings. The Morgan fingerprint density at radius 2 is 1.93 bits per heavy atom. The van der Waals surface area contributed by atoms with Crippen molar-refractivity contribution < 1.29 is 19.1 Å². The normalized spacial score (nSPS) is 16.3. The van der Waals surface area contributed by atoms with Crippen molar-refractivity contribution in [3.05, 3.63) is 53.1 Å². The van der Waals surface area contributed by atoms with Crippen LogP contribution in [0.25, 0.3) is 0 Å². The molecule has 0 spiro atoms. The molecule has 1 saturated heterocycles. The molecule has 6 nitrogen and oxygen atoms in total. The average Bonchev–Trinajstić information content (AvgIpc) is 3.03. The fourth-order valence-electron chi connectivity index (χ4n) is 3.06.